The zero-order valence-corrected chi connectivity index (χ0v) is 20.6. The maximum absolute atomic E-state index is 13.4. The van der Waals surface area contributed by atoms with E-state index in [1.54, 1.807) is 25.1 Å². The molecule has 36 heavy (non-hydrogen) atoms. The van der Waals surface area contributed by atoms with E-state index in [-0.39, 0.29) is 16.8 Å². The summed E-state index contributed by atoms with van der Waals surface area (Å²) in [5, 5.41) is 11.1. The number of halogens is 1. The van der Waals surface area contributed by atoms with Gasteiger partial charge in [0.1, 0.15) is 11.6 Å². The number of aliphatic imine (C=N–C) groups is 1. The van der Waals surface area contributed by atoms with E-state index in [9.17, 15) is 9.59 Å². The van der Waals surface area contributed by atoms with Gasteiger partial charge < -0.3 is 14.5 Å². The fourth-order valence-corrected chi connectivity index (χ4v) is 4.59. The van der Waals surface area contributed by atoms with Crippen molar-refractivity contribution in [3.63, 3.8) is 0 Å². The molecule has 5 rings (SSSR count). The second-order valence-corrected chi connectivity index (χ2v) is 8.93. The lowest BCUT2D eigenvalue weighted by atomic mass is 9.95. The molecule has 0 bridgehead atoms. The van der Waals surface area contributed by atoms with Crippen LogP contribution >= 0.6 is 22.9 Å². The van der Waals surface area contributed by atoms with E-state index in [1.165, 1.54) is 12.5 Å². The highest BCUT2D eigenvalue weighted by molar-refractivity contribution is 7.14. The number of fused-ring (bicyclic) bond motifs is 1. The van der Waals surface area contributed by atoms with Crippen LogP contribution in [0.2, 0.25) is 5.02 Å². The first-order valence-electron chi connectivity index (χ1n) is 10.7. The number of hydrogen-bond acceptors (Lipinski definition) is 10. The SMILES string of the molecule is COC(=O)c1csc(NC(=O)C2=C(C)NC(Nc3nc4ccccc4o3)=NC2c2ccccc2Cl)n1. The first kappa shape index (κ1) is 23.5. The molecule has 0 radical (unpaired) electrons. The first-order chi connectivity index (χ1) is 17.4. The van der Waals surface area contributed by atoms with Gasteiger partial charge in [0.25, 0.3) is 5.91 Å². The highest BCUT2D eigenvalue weighted by atomic mass is 35.5. The van der Waals surface area contributed by atoms with Gasteiger partial charge in [-0.05, 0) is 25.1 Å². The van der Waals surface area contributed by atoms with Crippen LogP contribution in [-0.4, -0.2) is 34.9 Å². The molecule has 1 aliphatic rings. The summed E-state index contributed by atoms with van der Waals surface area (Å²) < 4.78 is 10.4. The molecule has 182 valence electrons. The Balaban J connectivity index is 1.46. The molecule has 0 fully saturated rings. The largest absolute Gasteiger partial charge is 0.464 e. The number of aromatic nitrogens is 2. The fourth-order valence-electron chi connectivity index (χ4n) is 3.68. The van der Waals surface area contributed by atoms with Crippen LogP contribution in [0.15, 0.2) is 74.6 Å². The quantitative estimate of drug-likeness (QED) is 0.320. The highest BCUT2D eigenvalue weighted by Gasteiger charge is 2.31. The Labute approximate surface area is 214 Å². The predicted octanol–water partition coefficient (Wildman–Crippen LogP) is 4.75. The Morgan fingerprint density at radius 2 is 1.92 bits per heavy atom. The van der Waals surface area contributed by atoms with Crippen molar-refractivity contribution in [2.75, 3.05) is 17.7 Å². The number of carbonyl (C=O) groups excluding carboxylic acids is 2. The zero-order valence-electron chi connectivity index (χ0n) is 19.0. The van der Waals surface area contributed by atoms with Crippen LogP contribution in [0.4, 0.5) is 11.1 Å². The molecule has 1 atom stereocenters. The van der Waals surface area contributed by atoms with Gasteiger partial charge in [-0.25, -0.2) is 14.8 Å². The smallest absolute Gasteiger partial charge is 0.357 e. The van der Waals surface area contributed by atoms with Gasteiger partial charge in [0.15, 0.2) is 16.4 Å². The number of allylic oxidation sites excluding steroid dienone is 1. The number of amides is 1. The average Bonchev–Trinajstić information content (AvgIpc) is 3.50. The second kappa shape index (κ2) is 9.80. The molecule has 0 spiro atoms. The number of hydrogen-bond donors (Lipinski definition) is 3. The Bertz CT molecular complexity index is 1510. The van der Waals surface area contributed by atoms with Gasteiger partial charge in [-0.1, -0.05) is 41.9 Å². The molecule has 2 aromatic carbocycles. The third-order valence-corrected chi connectivity index (χ3v) is 6.43. The van der Waals surface area contributed by atoms with Gasteiger partial charge in [-0.2, -0.15) is 4.98 Å². The summed E-state index contributed by atoms with van der Waals surface area (Å²) >= 11 is 7.60. The van der Waals surface area contributed by atoms with Crippen LogP contribution < -0.4 is 16.0 Å². The minimum atomic E-state index is -0.744. The van der Waals surface area contributed by atoms with Crippen LogP contribution in [0.1, 0.15) is 29.0 Å². The number of carbonyl (C=O) groups is 2. The van der Waals surface area contributed by atoms with Crippen LogP contribution in [-0.2, 0) is 9.53 Å². The Hall–Kier alpha value is -4.22. The van der Waals surface area contributed by atoms with Crippen molar-refractivity contribution in [2.24, 2.45) is 4.99 Å². The van der Waals surface area contributed by atoms with Crippen LogP contribution in [0, 0.1) is 0 Å². The molecule has 12 heteroatoms. The van der Waals surface area contributed by atoms with Crippen molar-refractivity contribution in [3.05, 3.63) is 81.5 Å². The number of thiazole rings is 1. The number of esters is 1. The van der Waals surface area contributed by atoms with Crippen molar-refractivity contribution < 1.29 is 18.7 Å². The third-order valence-electron chi connectivity index (χ3n) is 5.32. The van der Waals surface area contributed by atoms with Crippen LogP contribution in [0.25, 0.3) is 11.1 Å². The molecular formula is C24H19ClN6O4S. The molecule has 0 aliphatic carbocycles. The molecule has 1 amide bonds. The van der Waals surface area contributed by atoms with Crippen molar-refractivity contribution in [1.29, 1.82) is 0 Å². The van der Waals surface area contributed by atoms with Gasteiger partial charge in [0.05, 0.1) is 12.7 Å². The maximum Gasteiger partial charge on any atom is 0.357 e. The molecule has 0 saturated heterocycles. The number of benzene rings is 2. The summed E-state index contributed by atoms with van der Waals surface area (Å²) in [7, 11) is 1.26. The highest BCUT2D eigenvalue weighted by Crippen LogP contribution is 2.35. The number of anilines is 2. The zero-order chi connectivity index (χ0) is 25.2. The third kappa shape index (κ3) is 4.66. The molecule has 2 aromatic heterocycles. The van der Waals surface area contributed by atoms with Gasteiger partial charge >= 0.3 is 12.0 Å². The first-order valence-corrected chi connectivity index (χ1v) is 12.0. The minimum absolute atomic E-state index is 0.107. The number of para-hydroxylation sites is 2. The van der Waals surface area contributed by atoms with Gasteiger partial charge in [0.2, 0.25) is 5.96 Å². The molecule has 3 heterocycles. The van der Waals surface area contributed by atoms with E-state index < -0.39 is 17.9 Å². The number of methoxy groups -OCH3 is 1. The number of ether oxygens (including phenoxy) is 1. The van der Waals surface area contributed by atoms with Crippen molar-refractivity contribution in [3.8, 4) is 0 Å². The van der Waals surface area contributed by atoms with E-state index in [4.69, 9.17) is 21.0 Å². The summed E-state index contributed by atoms with van der Waals surface area (Å²) in [5.41, 5.74) is 2.94. The van der Waals surface area contributed by atoms with Gasteiger partial charge in [-0.3, -0.25) is 15.4 Å². The topological polar surface area (TPSA) is 131 Å². The predicted molar refractivity (Wildman–Crippen MR) is 137 cm³/mol. The van der Waals surface area contributed by atoms with Crippen molar-refractivity contribution in [2.45, 2.75) is 13.0 Å². The normalized spacial score (nSPS) is 15.3. The summed E-state index contributed by atoms with van der Waals surface area (Å²) in [4.78, 5) is 38.4. The monoisotopic (exact) mass is 522 g/mol. The summed E-state index contributed by atoms with van der Waals surface area (Å²) in [6.45, 7) is 1.75. The fraction of sp³-hybridized carbons (Fsp3) is 0.125. The lowest BCUT2D eigenvalue weighted by Gasteiger charge is -2.26. The molecule has 4 aromatic rings. The van der Waals surface area contributed by atoms with Crippen LogP contribution in [0.5, 0.6) is 0 Å². The summed E-state index contributed by atoms with van der Waals surface area (Å²) in [6, 6.07) is 14.0. The second-order valence-electron chi connectivity index (χ2n) is 7.66. The molecule has 10 nitrogen and oxygen atoms in total. The van der Waals surface area contributed by atoms with E-state index in [0.29, 0.717) is 38.9 Å². The molecule has 1 unspecified atom stereocenters. The Morgan fingerprint density at radius 1 is 1.14 bits per heavy atom. The summed E-state index contributed by atoms with van der Waals surface area (Å²) in [6.07, 6.45) is 0. The molecular weight excluding hydrogens is 504 g/mol. The number of nitrogens with zero attached hydrogens (tertiary/aromatic N) is 3. The van der Waals surface area contributed by atoms with E-state index >= 15 is 0 Å². The van der Waals surface area contributed by atoms with Crippen molar-refractivity contribution >= 4 is 63.0 Å². The average molecular weight is 523 g/mol. The van der Waals surface area contributed by atoms with Gasteiger partial charge in [-0.15, -0.1) is 11.3 Å². The Morgan fingerprint density at radius 3 is 2.69 bits per heavy atom. The number of rotatable bonds is 5. The molecule has 3 N–H and O–H groups in total. The molecule has 1 aliphatic heterocycles. The van der Waals surface area contributed by atoms with E-state index in [0.717, 1.165) is 11.3 Å². The van der Waals surface area contributed by atoms with E-state index in [2.05, 4.69) is 30.7 Å². The number of nitrogens with one attached hydrogen (secondary N) is 3. The minimum Gasteiger partial charge on any atom is -0.464 e. The summed E-state index contributed by atoms with van der Waals surface area (Å²) in [5.74, 6) is -0.696. The maximum atomic E-state index is 13.4. The van der Waals surface area contributed by atoms with Gasteiger partial charge in [0, 0.05) is 21.7 Å². The number of oxazole rings is 1. The molecule has 0 saturated carbocycles. The lowest BCUT2D eigenvalue weighted by Crippen LogP contribution is -2.37. The number of guanidine groups is 1. The van der Waals surface area contributed by atoms with Crippen LogP contribution in [0.3, 0.4) is 0 Å². The lowest BCUT2D eigenvalue weighted by molar-refractivity contribution is -0.113. The van der Waals surface area contributed by atoms with Crippen molar-refractivity contribution in [1.82, 2.24) is 15.3 Å². The Kier molecular flexibility index (Phi) is 6.40. The van der Waals surface area contributed by atoms with E-state index in [1.807, 2.05) is 30.3 Å². The standard InChI is InChI=1S/C24H19ClN6O4S/c1-12-18(20(32)30-24-28-16(11-36-24)21(33)34-2)19(13-7-3-4-8-14(13)25)29-22(26-12)31-23-27-15-9-5-6-10-17(15)35-23/h3-11,19H,1-2H3,(H,28,30,32)(H2,26,27,29,31).